The predicted octanol–water partition coefficient (Wildman–Crippen LogP) is 5.12. The third-order valence-electron chi connectivity index (χ3n) is 3.80. The van der Waals surface area contributed by atoms with Crippen LogP contribution in [-0.2, 0) is 13.0 Å². The summed E-state index contributed by atoms with van der Waals surface area (Å²) in [6, 6.07) is 4.52. The van der Waals surface area contributed by atoms with Gasteiger partial charge < -0.3 is 9.47 Å². The fourth-order valence-corrected chi connectivity index (χ4v) is 2.78. The molecule has 4 nitrogen and oxygen atoms in total. The zero-order valence-corrected chi connectivity index (χ0v) is 15.2. The van der Waals surface area contributed by atoms with Gasteiger partial charge in [0.15, 0.2) is 6.10 Å². The van der Waals surface area contributed by atoms with Crippen LogP contribution in [0.4, 0.5) is 13.2 Å². The van der Waals surface area contributed by atoms with Crippen molar-refractivity contribution >= 4 is 11.6 Å². The largest absolute Gasteiger partial charge is 0.496 e. The van der Waals surface area contributed by atoms with E-state index in [0.29, 0.717) is 35.0 Å². The number of methoxy groups -OCH3 is 1. The summed E-state index contributed by atoms with van der Waals surface area (Å²) < 4.78 is 50.1. The molecule has 0 aliphatic heterocycles. The Hall–Kier alpha value is -1.89. The monoisotopic (exact) mass is 376 g/mol. The molecular formula is C17H20ClF3N2O2. The maximum absolute atomic E-state index is 12.7. The lowest BCUT2D eigenvalue weighted by Crippen LogP contribution is -2.31. The van der Waals surface area contributed by atoms with Crippen LogP contribution in [0.1, 0.15) is 26.5 Å². The first-order valence-electron chi connectivity index (χ1n) is 7.89. The number of ether oxygens (including phenoxy) is 2. The first-order chi connectivity index (χ1) is 11.7. The second kappa shape index (κ2) is 7.56. The molecule has 1 aromatic heterocycles. The molecule has 1 atom stereocenters. The Labute approximate surface area is 149 Å². The van der Waals surface area contributed by atoms with Crippen LogP contribution >= 0.6 is 11.6 Å². The van der Waals surface area contributed by atoms with E-state index < -0.39 is 12.3 Å². The Morgan fingerprint density at radius 1 is 1.28 bits per heavy atom. The van der Waals surface area contributed by atoms with E-state index in [1.807, 2.05) is 13.8 Å². The van der Waals surface area contributed by atoms with E-state index in [4.69, 9.17) is 21.1 Å². The molecule has 0 spiro atoms. The summed E-state index contributed by atoms with van der Waals surface area (Å²) in [4.78, 5) is 0. The van der Waals surface area contributed by atoms with E-state index in [0.717, 1.165) is 12.6 Å². The first kappa shape index (κ1) is 19.4. The number of alkyl halides is 3. The number of rotatable bonds is 6. The molecule has 0 aliphatic carbocycles. The zero-order chi connectivity index (χ0) is 18.8. The highest BCUT2D eigenvalue weighted by Gasteiger charge is 2.38. The maximum atomic E-state index is 12.7. The minimum atomic E-state index is -4.44. The van der Waals surface area contributed by atoms with Gasteiger partial charge >= 0.3 is 6.18 Å². The third kappa shape index (κ3) is 4.03. The second-order valence-corrected chi connectivity index (χ2v) is 5.82. The van der Waals surface area contributed by atoms with Gasteiger partial charge in [-0.2, -0.15) is 18.3 Å². The molecule has 1 aromatic carbocycles. The van der Waals surface area contributed by atoms with Crippen LogP contribution < -0.4 is 9.47 Å². The van der Waals surface area contributed by atoms with Crippen LogP contribution in [0.15, 0.2) is 18.2 Å². The first-order valence-corrected chi connectivity index (χ1v) is 8.27. The molecule has 0 saturated carbocycles. The molecule has 0 amide bonds. The van der Waals surface area contributed by atoms with Crippen molar-refractivity contribution in [2.75, 3.05) is 7.11 Å². The van der Waals surface area contributed by atoms with Gasteiger partial charge in [0.2, 0.25) is 0 Å². The molecule has 0 N–H and O–H groups in total. The number of aryl methyl sites for hydroxylation is 2. The number of benzene rings is 1. The van der Waals surface area contributed by atoms with E-state index >= 15 is 0 Å². The molecule has 2 rings (SSSR count). The minimum absolute atomic E-state index is 0.0693. The van der Waals surface area contributed by atoms with Crippen molar-refractivity contribution in [3.05, 3.63) is 28.9 Å². The van der Waals surface area contributed by atoms with Gasteiger partial charge in [-0.1, -0.05) is 18.5 Å². The van der Waals surface area contributed by atoms with E-state index in [2.05, 4.69) is 5.10 Å². The lowest BCUT2D eigenvalue weighted by molar-refractivity contribution is -0.189. The summed E-state index contributed by atoms with van der Waals surface area (Å²) in [7, 11) is 1.44. The number of aromatic nitrogens is 2. The topological polar surface area (TPSA) is 36.3 Å². The molecule has 0 aliphatic rings. The zero-order valence-electron chi connectivity index (χ0n) is 14.4. The van der Waals surface area contributed by atoms with Crippen molar-refractivity contribution in [1.29, 1.82) is 0 Å². The van der Waals surface area contributed by atoms with Gasteiger partial charge in [0.1, 0.15) is 11.5 Å². The summed E-state index contributed by atoms with van der Waals surface area (Å²) in [5, 5.41) is 4.96. The standard InChI is InChI=1S/C17H20ClF3N2O2/c1-5-13-15(18)16(23(6-2)22-13)12-8-7-11(9-14(12)24-4)25-10(3)17(19,20)21/h7-10H,5-6H2,1-4H3. The number of halogens is 4. The van der Waals surface area contributed by atoms with Crippen molar-refractivity contribution in [1.82, 2.24) is 9.78 Å². The van der Waals surface area contributed by atoms with Gasteiger partial charge in [0.05, 0.1) is 23.5 Å². The fourth-order valence-electron chi connectivity index (χ4n) is 2.41. The van der Waals surface area contributed by atoms with Gasteiger partial charge in [-0.25, -0.2) is 0 Å². The number of hydrogen-bond donors (Lipinski definition) is 0. The minimum Gasteiger partial charge on any atom is -0.496 e. The summed E-state index contributed by atoms with van der Waals surface area (Å²) in [5.74, 6) is 0.436. The van der Waals surface area contributed by atoms with Crippen molar-refractivity contribution < 1.29 is 22.6 Å². The average Bonchev–Trinajstić information content (AvgIpc) is 2.89. The lowest BCUT2D eigenvalue weighted by atomic mass is 10.1. The molecule has 0 fully saturated rings. The van der Waals surface area contributed by atoms with Crippen molar-refractivity contribution in [3.63, 3.8) is 0 Å². The molecule has 0 saturated heterocycles. The van der Waals surface area contributed by atoms with Gasteiger partial charge in [0.25, 0.3) is 0 Å². The molecule has 1 heterocycles. The molecule has 138 valence electrons. The van der Waals surface area contributed by atoms with Gasteiger partial charge in [-0.15, -0.1) is 0 Å². The van der Waals surface area contributed by atoms with Crippen LogP contribution in [0.25, 0.3) is 11.3 Å². The van der Waals surface area contributed by atoms with Crippen LogP contribution in [-0.4, -0.2) is 29.2 Å². The quantitative estimate of drug-likeness (QED) is 0.701. The highest BCUT2D eigenvalue weighted by atomic mass is 35.5. The smallest absolute Gasteiger partial charge is 0.425 e. The third-order valence-corrected chi connectivity index (χ3v) is 4.19. The Morgan fingerprint density at radius 2 is 1.96 bits per heavy atom. The highest BCUT2D eigenvalue weighted by Crippen LogP contribution is 2.39. The summed E-state index contributed by atoms with van der Waals surface area (Å²) in [5.41, 5.74) is 2.08. The Morgan fingerprint density at radius 3 is 2.48 bits per heavy atom. The van der Waals surface area contributed by atoms with Gasteiger partial charge in [-0.05, 0) is 32.4 Å². The van der Waals surface area contributed by atoms with Crippen molar-refractivity contribution in [2.45, 2.75) is 46.0 Å². The Balaban J connectivity index is 2.46. The van der Waals surface area contributed by atoms with E-state index in [1.54, 1.807) is 10.7 Å². The van der Waals surface area contributed by atoms with Crippen LogP contribution in [0.5, 0.6) is 11.5 Å². The number of nitrogens with zero attached hydrogens (tertiary/aromatic N) is 2. The van der Waals surface area contributed by atoms with Crippen molar-refractivity contribution in [3.8, 4) is 22.8 Å². The highest BCUT2D eigenvalue weighted by molar-refractivity contribution is 6.33. The molecule has 8 heteroatoms. The molecule has 0 radical (unpaired) electrons. The van der Waals surface area contributed by atoms with E-state index in [-0.39, 0.29) is 5.75 Å². The molecule has 0 bridgehead atoms. The Bertz CT molecular complexity index is 744. The summed E-state index contributed by atoms with van der Waals surface area (Å²) in [6.07, 6.45) is -5.68. The van der Waals surface area contributed by atoms with Gasteiger partial charge in [0, 0.05) is 18.2 Å². The van der Waals surface area contributed by atoms with Crippen molar-refractivity contribution in [2.24, 2.45) is 0 Å². The molecule has 1 unspecified atom stereocenters. The van der Waals surface area contributed by atoms with Crippen LogP contribution in [0.2, 0.25) is 5.02 Å². The number of hydrogen-bond acceptors (Lipinski definition) is 3. The van der Waals surface area contributed by atoms with Crippen LogP contribution in [0.3, 0.4) is 0 Å². The molecule has 2 aromatic rings. The fraction of sp³-hybridized carbons (Fsp3) is 0.471. The second-order valence-electron chi connectivity index (χ2n) is 5.44. The molecule has 25 heavy (non-hydrogen) atoms. The summed E-state index contributed by atoms with van der Waals surface area (Å²) >= 11 is 6.44. The normalized spacial score (nSPS) is 13.0. The van der Waals surface area contributed by atoms with E-state index in [9.17, 15) is 13.2 Å². The van der Waals surface area contributed by atoms with Gasteiger partial charge in [-0.3, -0.25) is 4.68 Å². The molecular weight excluding hydrogens is 357 g/mol. The van der Waals surface area contributed by atoms with E-state index in [1.165, 1.54) is 19.2 Å². The predicted molar refractivity (Wildman–Crippen MR) is 90.4 cm³/mol. The average molecular weight is 377 g/mol. The SMILES string of the molecule is CCc1nn(CC)c(-c2ccc(OC(C)C(F)(F)F)cc2OC)c1Cl. The summed E-state index contributed by atoms with van der Waals surface area (Å²) in [6.45, 7) is 5.43. The van der Waals surface area contributed by atoms with Crippen LogP contribution in [0, 0.1) is 0 Å². The Kier molecular flexibility index (Phi) is 5.87. The maximum Gasteiger partial charge on any atom is 0.425 e. The lowest BCUT2D eigenvalue weighted by Gasteiger charge is -2.19.